The number of carbonyl (C=O) groups excluding carboxylic acids is 1. The van der Waals surface area contributed by atoms with Crippen LogP contribution in [0.2, 0.25) is 0 Å². The van der Waals surface area contributed by atoms with E-state index >= 15 is 0 Å². The van der Waals surface area contributed by atoms with E-state index < -0.39 is 12.5 Å². The molecular weight excluding hydrogens is 178 g/mol. The van der Waals surface area contributed by atoms with Gasteiger partial charge in [0.25, 0.3) is 5.92 Å². The molecule has 1 saturated heterocycles. The lowest BCUT2D eigenvalue weighted by atomic mass is 10.3. The van der Waals surface area contributed by atoms with E-state index in [0.29, 0.717) is 6.54 Å². The van der Waals surface area contributed by atoms with Crippen molar-refractivity contribution in [3.63, 3.8) is 0 Å². The smallest absolute Gasteiger partial charge is 0.319 e. The lowest BCUT2D eigenvalue weighted by Gasteiger charge is -2.22. The van der Waals surface area contributed by atoms with Gasteiger partial charge in [-0.2, -0.15) is 0 Å². The van der Waals surface area contributed by atoms with Crippen molar-refractivity contribution >= 4 is 6.03 Å². The van der Waals surface area contributed by atoms with Crippen molar-refractivity contribution in [3.05, 3.63) is 0 Å². The summed E-state index contributed by atoms with van der Waals surface area (Å²) in [5, 5.41) is 0. The summed E-state index contributed by atoms with van der Waals surface area (Å²) in [6.45, 7) is 2.08. The molecule has 0 atom stereocenters. The Morgan fingerprint density at radius 3 is 2.62 bits per heavy atom. The van der Waals surface area contributed by atoms with E-state index in [1.165, 1.54) is 9.80 Å². The summed E-state index contributed by atoms with van der Waals surface area (Å²) in [6, 6.07) is -0.306. The first-order chi connectivity index (χ1) is 5.96. The summed E-state index contributed by atoms with van der Waals surface area (Å²) in [6.07, 6.45) is -0.212. The van der Waals surface area contributed by atoms with Crippen LogP contribution in [0, 0.1) is 0 Å². The minimum absolute atomic E-state index is 0.163. The Labute approximate surface area is 76.3 Å². The maximum Gasteiger partial charge on any atom is 0.319 e. The number of alkyl halides is 2. The van der Waals surface area contributed by atoms with Crippen LogP contribution in [-0.2, 0) is 0 Å². The van der Waals surface area contributed by atoms with E-state index in [4.69, 9.17) is 0 Å². The molecule has 13 heavy (non-hydrogen) atoms. The van der Waals surface area contributed by atoms with Crippen molar-refractivity contribution in [2.75, 3.05) is 26.7 Å². The van der Waals surface area contributed by atoms with Gasteiger partial charge in [0.05, 0.1) is 6.54 Å². The third-order valence-electron chi connectivity index (χ3n) is 2.24. The van der Waals surface area contributed by atoms with E-state index in [9.17, 15) is 13.6 Å². The van der Waals surface area contributed by atoms with Crippen LogP contribution in [0.3, 0.4) is 0 Å². The van der Waals surface area contributed by atoms with E-state index in [0.717, 1.165) is 0 Å². The standard InChI is InChI=1S/C8H14F2N2O/c1-3-11(2)7(13)12-5-4-8(9,10)6-12/h3-6H2,1-2H3. The number of nitrogens with zero attached hydrogens (tertiary/aromatic N) is 2. The summed E-state index contributed by atoms with van der Waals surface area (Å²) < 4.78 is 25.4. The number of urea groups is 1. The number of amides is 2. The second kappa shape index (κ2) is 3.47. The number of likely N-dealkylation sites (tertiary alicyclic amines) is 1. The summed E-state index contributed by atoms with van der Waals surface area (Å²) >= 11 is 0. The minimum atomic E-state index is -2.69. The average molecular weight is 192 g/mol. The summed E-state index contributed by atoms with van der Waals surface area (Å²) in [5.74, 6) is -2.69. The van der Waals surface area contributed by atoms with Crippen LogP contribution in [-0.4, -0.2) is 48.4 Å². The molecule has 1 fully saturated rings. The van der Waals surface area contributed by atoms with Crippen molar-refractivity contribution in [2.24, 2.45) is 0 Å². The van der Waals surface area contributed by atoms with Crippen LogP contribution >= 0.6 is 0 Å². The van der Waals surface area contributed by atoms with Gasteiger partial charge in [-0.25, -0.2) is 13.6 Å². The predicted molar refractivity (Wildman–Crippen MR) is 44.8 cm³/mol. The molecule has 1 heterocycles. The van der Waals surface area contributed by atoms with Crippen LogP contribution in [0.4, 0.5) is 13.6 Å². The average Bonchev–Trinajstić information content (AvgIpc) is 2.43. The van der Waals surface area contributed by atoms with Gasteiger partial charge in [0.1, 0.15) is 0 Å². The Kier molecular flexibility index (Phi) is 2.73. The first-order valence-corrected chi connectivity index (χ1v) is 4.34. The van der Waals surface area contributed by atoms with Crippen molar-refractivity contribution in [3.8, 4) is 0 Å². The molecule has 1 rings (SSSR count). The van der Waals surface area contributed by atoms with Gasteiger partial charge in [-0.1, -0.05) is 0 Å². The molecule has 0 bridgehead atoms. The normalized spacial score (nSPS) is 20.5. The second-order valence-electron chi connectivity index (χ2n) is 3.32. The van der Waals surface area contributed by atoms with Gasteiger partial charge < -0.3 is 9.80 Å². The molecule has 0 aliphatic carbocycles. The zero-order valence-electron chi connectivity index (χ0n) is 7.89. The highest BCUT2D eigenvalue weighted by Crippen LogP contribution is 2.27. The Balaban J connectivity index is 2.51. The molecule has 0 aromatic rings. The van der Waals surface area contributed by atoms with Gasteiger partial charge in [-0.3, -0.25) is 0 Å². The van der Waals surface area contributed by atoms with Crippen molar-refractivity contribution in [2.45, 2.75) is 19.3 Å². The molecule has 1 aliphatic rings. The molecule has 0 spiro atoms. The zero-order chi connectivity index (χ0) is 10.1. The van der Waals surface area contributed by atoms with Crippen LogP contribution in [0.25, 0.3) is 0 Å². The molecule has 0 unspecified atom stereocenters. The maximum absolute atomic E-state index is 12.7. The van der Waals surface area contributed by atoms with Gasteiger partial charge in [0.15, 0.2) is 0 Å². The van der Waals surface area contributed by atoms with Crippen LogP contribution in [0.5, 0.6) is 0 Å². The van der Waals surface area contributed by atoms with Crippen molar-refractivity contribution in [1.29, 1.82) is 0 Å². The lowest BCUT2D eigenvalue weighted by Crippen LogP contribution is -2.40. The zero-order valence-corrected chi connectivity index (χ0v) is 7.89. The molecule has 3 nitrogen and oxygen atoms in total. The molecule has 1 aliphatic heterocycles. The minimum Gasteiger partial charge on any atom is -0.328 e. The van der Waals surface area contributed by atoms with E-state index in [2.05, 4.69) is 0 Å². The molecule has 0 saturated carbocycles. The maximum atomic E-state index is 12.7. The van der Waals surface area contributed by atoms with Crippen LogP contribution < -0.4 is 0 Å². The van der Waals surface area contributed by atoms with E-state index in [-0.39, 0.29) is 19.0 Å². The third kappa shape index (κ3) is 2.29. The fraction of sp³-hybridized carbons (Fsp3) is 0.875. The number of halogens is 2. The van der Waals surface area contributed by atoms with Crippen molar-refractivity contribution in [1.82, 2.24) is 9.80 Å². The molecule has 2 amide bonds. The fourth-order valence-electron chi connectivity index (χ4n) is 1.28. The highest BCUT2D eigenvalue weighted by atomic mass is 19.3. The molecule has 0 radical (unpaired) electrons. The fourth-order valence-corrected chi connectivity index (χ4v) is 1.28. The third-order valence-corrected chi connectivity index (χ3v) is 2.24. The molecule has 0 aromatic carbocycles. The topological polar surface area (TPSA) is 23.6 Å². The second-order valence-corrected chi connectivity index (χ2v) is 3.32. The Bertz CT molecular complexity index is 208. The van der Waals surface area contributed by atoms with Crippen LogP contribution in [0.15, 0.2) is 0 Å². The molecular formula is C8H14F2N2O. The predicted octanol–water partition coefficient (Wildman–Crippen LogP) is 1.40. The summed E-state index contributed by atoms with van der Waals surface area (Å²) in [5.41, 5.74) is 0. The molecule has 0 N–H and O–H groups in total. The van der Waals surface area contributed by atoms with Gasteiger partial charge in [-0.15, -0.1) is 0 Å². The number of hydrogen-bond donors (Lipinski definition) is 0. The van der Waals surface area contributed by atoms with E-state index in [1.807, 2.05) is 6.92 Å². The summed E-state index contributed by atoms with van der Waals surface area (Å²) in [4.78, 5) is 14.0. The van der Waals surface area contributed by atoms with Gasteiger partial charge in [0.2, 0.25) is 0 Å². The number of hydrogen-bond acceptors (Lipinski definition) is 1. The highest BCUT2D eigenvalue weighted by molar-refractivity contribution is 5.74. The molecule has 5 heteroatoms. The Morgan fingerprint density at radius 1 is 1.62 bits per heavy atom. The number of rotatable bonds is 1. The molecule has 0 aromatic heterocycles. The highest BCUT2D eigenvalue weighted by Gasteiger charge is 2.40. The van der Waals surface area contributed by atoms with Crippen LogP contribution in [0.1, 0.15) is 13.3 Å². The first-order valence-electron chi connectivity index (χ1n) is 4.34. The van der Waals surface area contributed by atoms with Gasteiger partial charge in [0, 0.05) is 26.6 Å². The molecule has 76 valence electrons. The first kappa shape index (κ1) is 10.2. The Morgan fingerprint density at radius 2 is 2.23 bits per heavy atom. The van der Waals surface area contributed by atoms with E-state index in [1.54, 1.807) is 7.05 Å². The largest absolute Gasteiger partial charge is 0.328 e. The monoisotopic (exact) mass is 192 g/mol. The SMILES string of the molecule is CCN(C)C(=O)N1CCC(F)(F)C1. The van der Waals surface area contributed by atoms with Crippen molar-refractivity contribution < 1.29 is 13.6 Å². The lowest BCUT2D eigenvalue weighted by molar-refractivity contribution is 0.0142. The quantitative estimate of drug-likeness (QED) is 0.616. The van der Waals surface area contributed by atoms with Gasteiger partial charge in [-0.05, 0) is 6.92 Å². The Hall–Kier alpha value is -0.870. The number of carbonyl (C=O) groups is 1. The summed E-state index contributed by atoms with van der Waals surface area (Å²) in [7, 11) is 1.61. The van der Waals surface area contributed by atoms with Gasteiger partial charge >= 0.3 is 6.03 Å².